The van der Waals surface area contributed by atoms with Gasteiger partial charge in [0, 0.05) is 19.4 Å². The molecule has 0 atom stereocenters. The smallest absolute Gasteiger partial charge is 0.348 e. The number of carbonyl (C=O) groups is 1. The van der Waals surface area contributed by atoms with Crippen LogP contribution < -0.4 is 16.2 Å². The third kappa shape index (κ3) is 6.42. The third-order valence-electron chi connectivity index (χ3n) is 3.45. The first-order valence-corrected chi connectivity index (χ1v) is 9.52. The van der Waals surface area contributed by atoms with Crippen molar-refractivity contribution in [1.82, 2.24) is 9.78 Å². The lowest BCUT2D eigenvalue weighted by Gasteiger charge is -1.92. The van der Waals surface area contributed by atoms with Crippen molar-refractivity contribution < 1.29 is 9.53 Å². The van der Waals surface area contributed by atoms with E-state index in [4.69, 9.17) is 5.73 Å². The fourth-order valence-corrected chi connectivity index (χ4v) is 3.05. The summed E-state index contributed by atoms with van der Waals surface area (Å²) in [6, 6.07) is 13.6. The van der Waals surface area contributed by atoms with Gasteiger partial charge >= 0.3 is 5.97 Å². The first-order chi connectivity index (χ1) is 13.1. The van der Waals surface area contributed by atoms with Gasteiger partial charge in [-0.2, -0.15) is 5.10 Å². The number of aryl methyl sites for hydroxylation is 1. The van der Waals surface area contributed by atoms with E-state index in [0.29, 0.717) is 4.88 Å². The zero-order chi connectivity index (χ0) is 20.2. The standard InChI is InChI=1S/C10H10N2O2S.C9H11N.C2H6/c1-12-6-5-7(11-12)8-3-4-9(15-8)10(13)14-2;1-2-8-5-3-4-6-9(8)7-10;1-2/h3-6H,1-2H3;2-7H,10H2,1H3;1-2H3/b;8-2-,9-7-;. The third-order valence-corrected chi connectivity index (χ3v) is 4.53. The Bertz CT molecular complexity index is 925. The highest BCUT2D eigenvalue weighted by atomic mass is 32.1. The molecule has 3 rings (SSSR count). The van der Waals surface area contributed by atoms with Gasteiger partial charge in [-0.3, -0.25) is 4.68 Å². The van der Waals surface area contributed by atoms with Crippen molar-refractivity contribution in [3.05, 3.63) is 64.0 Å². The molecule has 5 nitrogen and oxygen atoms in total. The van der Waals surface area contributed by atoms with Gasteiger partial charge in [-0.1, -0.05) is 44.2 Å². The molecule has 2 aromatic heterocycles. The summed E-state index contributed by atoms with van der Waals surface area (Å²) in [4.78, 5) is 12.8. The monoisotopic (exact) mass is 385 g/mol. The zero-order valence-corrected chi connectivity index (χ0v) is 17.3. The van der Waals surface area contributed by atoms with E-state index in [1.54, 1.807) is 16.9 Å². The van der Waals surface area contributed by atoms with Gasteiger partial charge in [0.15, 0.2) is 0 Å². The van der Waals surface area contributed by atoms with E-state index in [-0.39, 0.29) is 5.97 Å². The molecule has 0 saturated carbocycles. The molecule has 0 saturated heterocycles. The molecule has 0 aliphatic rings. The first-order valence-electron chi connectivity index (χ1n) is 8.70. The second kappa shape index (κ2) is 11.7. The molecule has 2 N–H and O–H groups in total. The zero-order valence-electron chi connectivity index (χ0n) is 16.5. The van der Waals surface area contributed by atoms with Crippen molar-refractivity contribution in [2.75, 3.05) is 7.11 Å². The Hall–Kier alpha value is -2.86. The largest absolute Gasteiger partial charge is 0.465 e. The average Bonchev–Trinajstić information content (AvgIpc) is 3.38. The summed E-state index contributed by atoms with van der Waals surface area (Å²) in [7, 11) is 3.24. The lowest BCUT2D eigenvalue weighted by atomic mass is 10.2. The molecule has 0 aliphatic heterocycles. The van der Waals surface area contributed by atoms with Crippen molar-refractivity contribution in [1.29, 1.82) is 0 Å². The van der Waals surface area contributed by atoms with Crippen LogP contribution in [0.1, 0.15) is 30.4 Å². The number of nitrogens with zero attached hydrogens (tertiary/aromatic N) is 2. The highest BCUT2D eigenvalue weighted by Crippen LogP contribution is 2.26. The van der Waals surface area contributed by atoms with E-state index in [9.17, 15) is 4.79 Å². The van der Waals surface area contributed by atoms with Crippen molar-refractivity contribution in [2.24, 2.45) is 12.8 Å². The number of hydrogen-bond donors (Lipinski definition) is 1. The Balaban J connectivity index is 0.000000265. The molecule has 0 bridgehead atoms. The molecule has 2 heterocycles. The normalized spacial score (nSPS) is 11.1. The van der Waals surface area contributed by atoms with Gasteiger partial charge in [-0.05, 0) is 35.6 Å². The lowest BCUT2D eigenvalue weighted by Crippen LogP contribution is -2.24. The highest BCUT2D eigenvalue weighted by molar-refractivity contribution is 7.17. The van der Waals surface area contributed by atoms with Crippen LogP contribution in [0.25, 0.3) is 22.8 Å². The van der Waals surface area contributed by atoms with Crippen molar-refractivity contribution in [3.8, 4) is 10.6 Å². The summed E-state index contributed by atoms with van der Waals surface area (Å²) in [6.45, 7) is 6.00. The molecule has 0 unspecified atom stereocenters. The predicted molar refractivity (Wildman–Crippen MR) is 114 cm³/mol. The van der Waals surface area contributed by atoms with Crippen LogP contribution in [0.15, 0.2) is 48.7 Å². The molecular weight excluding hydrogens is 358 g/mol. The Morgan fingerprint density at radius 1 is 1.15 bits per heavy atom. The van der Waals surface area contributed by atoms with Crippen molar-refractivity contribution >= 4 is 29.6 Å². The summed E-state index contributed by atoms with van der Waals surface area (Å²) in [5, 5.41) is 6.53. The summed E-state index contributed by atoms with van der Waals surface area (Å²) >= 11 is 1.38. The molecule has 1 aromatic carbocycles. The van der Waals surface area contributed by atoms with Gasteiger partial charge in [0.25, 0.3) is 0 Å². The van der Waals surface area contributed by atoms with Crippen LogP contribution in [0.4, 0.5) is 0 Å². The maximum Gasteiger partial charge on any atom is 0.348 e. The Morgan fingerprint density at radius 3 is 2.30 bits per heavy atom. The van der Waals surface area contributed by atoms with Crippen LogP contribution in [0.5, 0.6) is 0 Å². The molecule has 0 spiro atoms. The number of hydrogen-bond acceptors (Lipinski definition) is 5. The number of methoxy groups -OCH3 is 1. The van der Waals surface area contributed by atoms with Crippen LogP contribution >= 0.6 is 11.3 Å². The molecule has 0 aliphatic carbocycles. The molecule has 0 fully saturated rings. The Labute approximate surface area is 164 Å². The topological polar surface area (TPSA) is 70.1 Å². The molecule has 144 valence electrons. The molecule has 0 radical (unpaired) electrons. The molecule has 6 heteroatoms. The van der Waals surface area contributed by atoms with Gasteiger partial charge in [-0.15, -0.1) is 11.3 Å². The maximum atomic E-state index is 11.2. The molecule has 0 amide bonds. The van der Waals surface area contributed by atoms with Crippen molar-refractivity contribution in [2.45, 2.75) is 20.8 Å². The predicted octanol–water partition coefficient (Wildman–Crippen LogP) is 3.15. The first kappa shape index (κ1) is 22.2. The quantitative estimate of drug-likeness (QED) is 0.688. The minimum atomic E-state index is -0.304. The van der Waals surface area contributed by atoms with E-state index < -0.39 is 0 Å². The molecular formula is C21H27N3O2S. The van der Waals surface area contributed by atoms with Gasteiger partial charge in [-0.25, -0.2) is 4.79 Å². The number of aromatic nitrogens is 2. The van der Waals surface area contributed by atoms with Gasteiger partial charge in [0.05, 0.1) is 12.0 Å². The van der Waals surface area contributed by atoms with Crippen LogP contribution in [0, 0.1) is 0 Å². The summed E-state index contributed by atoms with van der Waals surface area (Å²) < 4.78 is 6.37. The van der Waals surface area contributed by atoms with Crippen LogP contribution in [0.2, 0.25) is 0 Å². The average molecular weight is 386 g/mol. The van der Waals surface area contributed by atoms with E-state index in [1.807, 2.05) is 76.5 Å². The number of ether oxygens (including phenoxy) is 1. The van der Waals surface area contributed by atoms with Gasteiger partial charge in [0.2, 0.25) is 0 Å². The number of esters is 1. The fraction of sp³-hybridized carbons (Fsp3) is 0.238. The second-order valence-electron chi connectivity index (χ2n) is 5.11. The summed E-state index contributed by atoms with van der Waals surface area (Å²) in [5.41, 5.74) is 6.25. The van der Waals surface area contributed by atoms with E-state index in [2.05, 4.69) is 9.84 Å². The summed E-state index contributed by atoms with van der Waals surface area (Å²) in [6.07, 6.45) is 5.53. The highest BCUT2D eigenvalue weighted by Gasteiger charge is 2.11. The van der Waals surface area contributed by atoms with E-state index in [1.165, 1.54) is 23.7 Å². The fourth-order valence-electron chi connectivity index (χ4n) is 2.16. The molecule has 3 aromatic rings. The minimum absolute atomic E-state index is 0.304. The lowest BCUT2D eigenvalue weighted by molar-refractivity contribution is 0.0606. The van der Waals surface area contributed by atoms with E-state index in [0.717, 1.165) is 15.8 Å². The maximum absolute atomic E-state index is 11.2. The number of carbonyl (C=O) groups excluding carboxylic acids is 1. The van der Waals surface area contributed by atoms with Crippen LogP contribution in [-0.4, -0.2) is 22.9 Å². The van der Waals surface area contributed by atoms with Gasteiger partial charge < -0.3 is 10.5 Å². The minimum Gasteiger partial charge on any atom is -0.465 e. The number of rotatable bonds is 2. The number of nitrogens with two attached hydrogens (primary N) is 1. The van der Waals surface area contributed by atoms with Crippen LogP contribution in [0.3, 0.4) is 0 Å². The summed E-state index contributed by atoms with van der Waals surface area (Å²) in [5.74, 6) is -0.304. The van der Waals surface area contributed by atoms with E-state index >= 15 is 0 Å². The van der Waals surface area contributed by atoms with Crippen LogP contribution in [-0.2, 0) is 11.8 Å². The molecule has 27 heavy (non-hydrogen) atoms. The number of benzene rings is 1. The van der Waals surface area contributed by atoms with Gasteiger partial charge in [0.1, 0.15) is 10.6 Å². The van der Waals surface area contributed by atoms with Crippen molar-refractivity contribution in [3.63, 3.8) is 0 Å². The Morgan fingerprint density at radius 2 is 1.81 bits per heavy atom. The number of thiophene rings is 1. The second-order valence-corrected chi connectivity index (χ2v) is 6.20. The SMILES string of the molecule is C/C=c1/cccc/c1=C/N.CC.COC(=O)c1ccc(-c2ccn(C)n2)s1. The Kier molecular flexibility index (Phi) is 9.61.